The lowest BCUT2D eigenvalue weighted by Gasteiger charge is -2.22. The Balaban J connectivity index is 1.65. The van der Waals surface area contributed by atoms with Crippen LogP contribution in [0.5, 0.6) is 0 Å². The number of esters is 1. The van der Waals surface area contributed by atoms with Crippen molar-refractivity contribution in [3.8, 4) is 0 Å². The molecule has 2 amide bonds. The van der Waals surface area contributed by atoms with Crippen molar-refractivity contribution < 1.29 is 23.5 Å². The van der Waals surface area contributed by atoms with Gasteiger partial charge in [0, 0.05) is 23.5 Å². The lowest BCUT2D eigenvalue weighted by molar-refractivity contribution is -0.121. The number of hydrogen-bond donors (Lipinski definition) is 1. The molecule has 154 valence electrons. The smallest absolute Gasteiger partial charge is 0.348 e. The number of nitrogens with two attached hydrogens (primary N) is 1. The minimum absolute atomic E-state index is 0.0164. The molecular formula is C21H23FN2O4S. The predicted molar refractivity (Wildman–Crippen MR) is 108 cm³/mol. The highest BCUT2D eigenvalue weighted by molar-refractivity contribution is 7.14. The second kappa shape index (κ2) is 9.17. The van der Waals surface area contributed by atoms with Crippen molar-refractivity contribution in [3.63, 3.8) is 0 Å². The molecule has 0 fully saturated rings. The molecule has 2 N–H and O–H groups in total. The summed E-state index contributed by atoms with van der Waals surface area (Å²) in [5.41, 5.74) is 6.76. The zero-order valence-electron chi connectivity index (χ0n) is 16.2. The van der Waals surface area contributed by atoms with Gasteiger partial charge in [0.2, 0.25) is 5.91 Å². The Kier molecular flexibility index (Phi) is 6.64. The fourth-order valence-electron chi connectivity index (χ4n) is 3.32. The van der Waals surface area contributed by atoms with E-state index in [4.69, 9.17) is 10.5 Å². The SMILES string of the molecule is CC1CCc2sc(C(=O)OCC(=O)N(CCC(N)=O)c3ccc(F)cc3)cc2C1. The van der Waals surface area contributed by atoms with Gasteiger partial charge in [-0.3, -0.25) is 9.59 Å². The van der Waals surface area contributed by atoms with E-state index >= 15 is 0 Å². The molecule has 0 radical (unpaired) electrons. The molecule has 0 bridgehead atoms. The van der Waals surface area contributed by atoms with Crippen molar-refractivity contribution in [2.45, 2.75) is 32.6 Å². The van der Waals surface area contributed by atoms with Crippen LogP contribution in [0, 0.1) is 11.7 Å². The van der Waals surface area contributed by atoms with Crippen molar-refractivity contribution >= 4 is 34.8 Å². The van der Waals surface area contributed by atoms with Crippen LogP contribution in [0.1, 0.15) is 39.9 Å². The average molecular weight is 418 g/mol. The quantitative estimate of drug-likeness (QED) is 0.700. The largest absolute Gasteiger partial charge is 0.451 e. The zero-order valence-corrected chi connectivity index (χ0v) is 17.0. The maximum atomic E-state index is 13.2. The fraction of sp³-hybridized carbons (Fsp3) is 0.381. The number of ether oxygens (including phenoxy) is 1. The third-order valence-electron chi connectivity index (χ3n) is 4.88. The highest BCUT2D eigenvalue weighted by Crippen LogP contribution is 2.32. The Morgan fingerprint density at radius 3 is 2.69 bits per heavy atom. The lowest BCUT2D eigenvalue weighted by atomic mass is 9.90. The summed E-state index contributed by atoms with van der Waals surface area (Å²) in [6, 6.07) is 7.12. The number of primary amides is 1. The van der Waals surface area contributed by atoms with Crippen LogP contribution in [0.2, 0.25) is 0 Å². The monoisotopic (exact) mass is 418 g/mol. The van der Waals surface area contributed by atoms with Crippen molar-refractivity contribution in [1.82, 2.24) is 0 Å². The molecule has 0 spiro atoms. The number of amides is 2. The molecule has 1 unspecified atom stereocenters. The van der Waals surface area contributed by atoms with Gasteiger partial charge < -0.3 is 15.4 Å². The number of benzene rings is 1. The minimum Gasteiger partial charge on any atom is -0.451 e. The Morgan fingerprint density at radius 1 is 1.28 bits per heavy atom. The minimum atomic E-state index is -0.569. The molecule has 3 rings (SSSR count). The van der Waals surface area contributed by atoms with E-state index in [1.807, 2.05) is 6.07 Å². The third kappa shape index (κ3) is 5.41. The fourth-order valence-corrected chi connectivity index (χ4v) is 4.43. The molecule has 29 heavy (non-hydrogen) atoms. The van der Waals surface area contributed by atoms with E-state index in [1.165, 1.54) is 50.9 Å². The van der Waals surface area contributed by atoms with Crippen LogP contribution in [-0.2, 0) is 27.2 Å². The molecule has 8 heteroatoms. The number of anilines is 1. The molecule has 6 nitrogen and oxygen atoms in total. The van der Waals surface area contributed by atoms with E-state index < -0.39 is 30.2 Å². The van der Waals surface area contributed by atoms with E-state index in [0.29, 0.717) is 16.5 Å². The number of thiophene rings is 1. The number of fused-ring (bicyclic) bond motifs is 1. The Bertz CT molecular complexity index is 910. The first-order valence-electron chi connectivity index (χ1n) is 9.46. The van der Waals surface area contributed by atoms with Gasteiger partial charge in [0.05, 0.1) is 0 Å². The normalized spacial score (nSPS) is 15.4. The Hall–Kier alpha value is -2.74. The van der Waals surface area contributed by atoms with Crippen LogP contribution in [0.25, 0.3) is 0 Å². The average Bonchev–Trinajstić information content (AvgIpc) is 3.10. The summed E-state index contributed by atoms with van der Waals surface area (Å²) in [5, 5.41) is 0. The van der Waals surface area contributed by atoms with E-state index in [9.17, 15) is 18.8 Å². The summed E-state index contributed by atoms with van der Waals surface area (Å²) in [7, 11) is 0. The summed E-state index contributed by atoms with van der Waals surface area (Å²) in [6.45, 7) is 1.73. The summed E-state index contributed by atoms with van der Waals surface area (Å²) >= 11 is 1.42. The molecule has 1 aliphatic carbocycles. The van der Waals surface area contributed by atoms with Gasteiger partial charge in [-0.25, -0.2) is 9.18 Å². The first kappa shape index (κ1) is 21.0. The summed E-state index contributed by atoms with van der Waals surface area (Å²) in [6.07, 6.45) is 2.95. The van der Waals surface area contributed by atoms with Gasteiger partial charge in [0.1, 0.15) is 10.7 Å². The summed E-state index contributed by atoms with van der Waals surface area (Å²) < 4.78 is 18.4. The summed E-state index contributed by atoms with van der Waals surface area (Å²) in [5.74, 6) is -1.48. The van der Waals surface area contributed by atoms with Gasteiger partial charge in [-0.05, 0) is 61.1 Å². The number of nitrogens with zero attached hydrogens (tertiary/aromatic N) is 1. The van der Waals surface area contributed by atoms with Crippen LogP contribution in [0.15, 0.2) is 30.3 Å². The number of halogens is 1. The van der Waals surface area contributed by atoms with Gasteiger partial charge in [-0.2, -0.15) is 0 Å². The van der Waals surface area contributed by atoms with Gasteiger partial charge >= 0.3 is 5.97 Å². The van der Waals surface area contributed by atoms with Gasteiger partial charge in [0.25, 0.3) is 5.91 Å². The molecule has 0 saturated heterocycles. The van der Waals surface area contributed by atoms with Crippen molar-refractivity contribution in [3.05, 3.63) is 51.5 Å². The van der Waals surface area contributed by atoms with Crippen LogP contribution >= 0.6 is 11.3 Å². The van der Waals surface area contributed by atoms with Crippen LogP contribution in [0.3, 0.4) is 0 Å². The first-order chi connectivity index (χ1) is 13.8. The van der Waals surface area contributed by atoms with Crippen LogP contribution < -0.4 is 10.6 Å². The first-order valence-corrected chi connectivity index (χ1v) is 10.3. The highest BCUT2D eigenvalue weighted by Gasteiger charge is 2.23. The third-order valence-corrected chi connectivity index (χ3v) is 6.10. The Labute approximate surface area is 172 Å². The van der Waals surface area contributed by atoms with Crippen molar-refractivity contribution in [2.24, 2.45) is 11.7 Å². The second-order valence-electron chi connectivity index (χ2n) is 7.22. The standard InChI is InChI=1S/C21H23FN2O4S/c1-13-2-7-17-14(10-13)11-18(29-17)21(27)28-12-20(26)24(9-8-19(23)25)16-5-3-15(22)4-6-16/h3-6,11,13H,2,7-10,12H2,1H3,(H2,23,25). The molecule has 1 atom stereocenters. The van der Waals surface area contributed by atoms with Crippen LogP contribution in [-0.4, -0.2) is 30.9 Å². The van der Waals surface area contributed by atoms with E-state index in [0.717, 1.165) is 19.3 Å². The molecule has 0 saturated carbocycles. The molecular weight excluding hydrogens is 395 g/mol. The van der Waals surface area contributed by atoms with Gasteiger partial charge in [0.15, 0.2) is 6.61 Å². The number of carbonyl (C=O) groups excluding carboxylic acids is 3. The topological polar surface area (TPSA) is 89.7 Å². The molecule has 1 aromatic heterocycles. The van der Waals surface area contributed by atoms with E-state index in [1.54, 1.807) is 0 Å². The van der Waals surface area contributed by atoms with E-state index in [2.05, 4.69) is 6.92 Å². The van der Waals surface area contributed by atoms with Crippen LogP contribution in [0.4, 0.5) is 10.1 Å². The maximum Gasteiger partial charge on any atom is 0.348 e. The molecule has 0 aliphatic heterocycles. The molecule has 1 aliphatic rings. The lowest BCUT2D eigenvalue weighted by Crippen LogP contribution is -2.37. The second-order valence-corrected chi connectivity index (χ2v) is 8.36. The summed E-state index contributed by atoms with van der Waals surface area (Å²) in [4.78, 5) is 39.1. The van der Waals surface area contributed by atoms with Gasteiger partial charge in [-0.1, -0.05) is 6.92 Å². The van der Waals surface area contributed by atoms with E-state index in [-0.39, 0.29) is 13.0 Å². The highest BCUT2D eigenvalue weighted by atomic mass is 32.1. The number of hydrogen-bond acceptors (Lipinski definition) is 5. The molecule has 1 aromatic carbocycles. The number of aryl methyl sites for hydroxylation is 1. The molecule has 1 heterocycles. The van der Waals surface area contributed by atoms with Crippen molar-refractivity contribution in [1.29, 1.82) is 0 Å². The van der Waals surface area contributed by atoms with Gasteiger partial charge in [-0.15, -0.1) is 11.3 Å². The number of rotatable bonds is 7. The maximum absolute atomic E-state index is 13.2. The zero-order chi connectivity index (χ0) is 21.0. The molecule has 2 aromatic rings. The van der Waals surface area contributed by atoms with Crippen molar-refractivity contribution in [2.75, 3.05) is 18.1 Å². The number of carbonyl (C=O) groups is 3. The Morgan fingerprint density at radius 2 is 2.00 bits per heavy atom. The predicted octanol–water partition coefficient (Wildman–Crippen LogP) is 3.08.